The van der Waals surface area contributed by atoms with E-state index in [9.17, 15) is 5.11 Å². The van der Waals surface area contributed by atoms with Gasteiger partial charge >= 0.3 is 0 Å². The number of hydrogen-bond acceptors (Lipinski definition) is 3. The van der Waals surface area contributed by atoms with Gasteiger partial charge in [-0.2, -0.15) is 0 Å². The van der Waals surface area contributed by atoms with Crippen LogP contribution in [0.2, 0.25) is 0 Å². The molecule has 3 N–H and O–H groups in total. The van der Waals surface area contributed by atoms with E-state index in [4.69, 9.17) is 5.73 Å². The molecule has 3 heteroatoms. The lowest BCUT2D eigenvalue weighted by Crippen LogP contribution is -2.40. The minimum Gasteiger partial charge on any atom is -0.395 e. The smallest absolute Gasteiger partial charge is 0.0543 e. The maximum atomic E-state index is 10.0. The average molecular weight is 297 g/mol. The Hall–Kier alpha value is -1.68. The van der Waals surface area contributed by atoms with Crippen molar-refractivity contribution in [2.45, 2.75) is 11.8 Å². The van der Waals surface area contributed by atoms with Crippen LogP contribution in [0.5, 0.6) is 0 Å². The Labute approximate surface area is 128 Å². The Morgan fingerprint density at radius 1 is 1.00 bits per heavy atom. The molecule has 0 bridgehead atoms. The Morgan fingerprint density at radius 2 is 1.71 bits per heavy atom. The van der Waals surface area contributed by atoms with Gasteiger partial charge in [-0.05, 0) is 34.4 Å². The molecule has 21 heavy (non-hydrogen) atoms. The summed E-state index contributed by atoms with van der Waals surface area (Å²) in [6.45, 7) is 0.482. The predicted molar refractivity (Wildman–Crippen MR) is 89.8 cm³/mol. The Balaban J connectivity index is 2.03. The molecule has 3 rings (SSSR count). The molecule has 1 heterocycles. The maximum Gasteiger partial charge on any atom is 0.0543 e. The number of aliphatic hydroxyl groups excluding tert-OH is 1. The molecule has 2 aromatic carbocycles. The summed E-state index contributed by atoms with van der Waals surface area (Å²) >= 11 is 1.75. The van der Waals surface area contributed by atoms with Gasteiger partial charge in [-0.3, -0.25) is 0 Å². The van der Waals surface area contributed by atoms with Crippen molar-refractivity contribution < 1.29 is 5.11 Å². The van der Waals surface area contributed by atoms with E-state index >= 15 is 0 Å². The molecule has 3 aromatic rings. The topological polar surface area (TPSA) is 46.2 Å². The van der Waals surface area contributed by atoms with Crippen LogP contribution in [-0.4, -0.2) is 18.3 Å². The summed E-state index contributed by atoms with van der Waals surface area (Å²) in [4.78, 5) is 0. The molecule has 0 saturated carbocycles. The van der Waals surface area contributed by atoms with Crippen LogP contribution in [0.15, 0.2) is 60.0 Å². The number of rotatable bonds is 5. The zero-order valence-corrected chi connectivity index (χ0v) is 12.6. The lowest BCUT2D eigenvalue weighted by molar-refractivity contribution is 0.196. The monoisotopic (exact) mass is 297 g/mol. The molecule has 0 aliphatic carbocycles. The van der Waals surface area contributed by atoms with Crippen molar-refractivity contribution >= 4 is 21.4 Å². The van der Waals surface area contributed by atoms with Gasteiger partial charge in [0.2, 0.25) is 0 Å². The Bertz CT molecular complexity index is 716. The summed E-state index contributed by atoms with van der Waals surface area (Å²) in [7, 11) is 0. The minimum absolute atomic E-state index is 0.0533. The second kappa shape index (κ2) is 5.98. The van der Waals surface area contributed by atoms with E-state index in [1.54, 1.807) is 11.3 Å². The first kappa shape index (κ1) is 14.3. The van der Waals surface area contributed by atoms with Crippen molar-refractivity contribution in [3.05, 3.63) is 71.1 Å². The molecule has 0 aliphatic heterocycles. The zero-order chi connectivity index (χ0) is 14.7. The molecule has 1 unspecified atom stereocenters. The maximum absolute atomic E-state index is 10.0. The molecule has 0 radical (unpaired) electrons. The van der Waals surface area contributed by atoms with Crippen LogP contribution in [0, 0.1) is 0 Å². The lowest BCUT2D eigenvalue weighted by atomic mass is 9.76. The fraction of sp³-hybridized carbons (Fsp3) is 0.222. The fourth-order valence-electron chi connectivity index (χ4n) is 2.83. The molecule has 0 saturated heterocycles. The highest BCUT2D eigenvalue weighted by Crippen LogP contribution is 2.33. The van der Waals surface area contributed by atoms with E-state index in [-0.39, 0.29) is 6.61 Å². The van der Waals surface area contributed by atoms with Gasteiger partial charge in [-0.1, -0.05) is 48.5 Å². The number of benzene rings is 2. The van der Waals surface area contributed by atoms with Gasteiger partial charge in [0.25, 0.3) is 0 Å². The summed E-state index contributed by atoms with van der Waals surface area (Å²) in [5, 5.41) is 13.5. The quantitative estimate of drug-likeness (QED) is 0.759. The molecule has 0 aliphatic rings. The van der Waals surface area contributed by atoms with Crippen molar-refractivity contribution in [1.82, 2.24) is 0 Å². The number of nitrogens with two attached hydrogens (primary N) is 1. The van der Waals surface area contributed by atoms with Crippen LogP contribution in [0.25, 0.3) is 10.1 Å². The van der Waals surface area contributed by atoms with E-state index in [1.165, 1.54) is 15.6 Å². The summed E-state index contributed by atoms with van der Waals surface area (Å²) in [5.74, 6) is 0. The van der Waals surface area contributed by atoms with Crippen LogP contribution in [0.1, 0.15) is 11.1 Å². The minimum atomic E-state index is -0.412. The molecule has 0 fully saturated rings. The molecule has 2 nitrogen and oxygen atoms in total. The van der Waals surface area contributed by atoms with Crippen molar-refractivity contribution in [1.29, 1.82) is 0 Å². The molecule has 1 atom stereocenters. The first-order valence-electron chi connectivity index (χ1n) is 7.11. The highest BCUT2D eigenvalue weighted by molar-refractivity contribution is 7.17. The molecule has 0 amide bonds. The number of thiophene rings is 1. The van der Waals surface area contributed by atoms with E-state index < -0.39 is 5.41 Å². The second-order valence-corrected chi connectivity index (χ2v) is 6.35. The normalized spacial score (nSPS) is 14.2. The van der Waals surface area contributed by atoms with E-state index in [1.807, 2.05) is 18.2 Å². The van der Waals surface area contributed by atoms with Crippen LogP contribution in [-0.2, 0) is 11.8 Å². The van der Waals surface area contributed by atoms with Crippen molar-refractivity contribution in [3.63, 3.8) is 0 Å². The van der Waals surface area contributed by atoms with Crippen LogP contribution < -0.4 is 5.73 Å². The van der Waals surface area contributed by atoms with Gasteiger partial charge < -0.3 is 10.8 Å². The van der Waals surface area contributed by atoms with Gasteiger partial charge in [0.1, 0.15) is 0 Å². The fourth-order valence-corrected chi connectivity index (χ4v) is 3.79. The third kappa shape index (κ3) is 2.60. The standard InChI is InChI=1S/C18H19NOS/c19-12-18(13-20,15-6-2-1-3-7-15)10-14-11-21-17-9-5-4-8-16(14)17/h1-9,11,20H,10,12-13,19H2. The van der Waals surface area contributed by atoms with Gasteiger partial charge in [-0.25, -0.2) is 0 Å². The van der Waals surface area contributed by atoms with Crippen LogP contribution in [0.3, 0.4) is 0 Å². The first-order chi connectivity index (χ1) is 10.3. The summed E-state index contributed by atoms with van der Waals surface area (Å²) in [6, 6.07) is 18.5. The van der Waals surface area contributed by atoms with E-state index in [0.29, 0.717) is 6.54 Å². The average Bonchev–Trinajstić information content (AvgIpc) is 2.96. The lowest BCUT2D eigenvalue weighted by Gasteiger charge is -2.31. The second-order valence-electron chi connectivity index (χ2n) is 5.44. The summed E-state index contributed by atoms with van der Waals surface area (Å²) < 4.78 is 1.28. The molecule has 1 aromatic heterocycles. The van der Waals surface area contributed by atoms with Gasteiger partial charge in [-0.15, -0.1) is 11.3 Å². The number of fused-ring (bicyclic) bond motifs is 1. The van der Waals surface area contributed by atoms with Crippen LogP contribution >= 0.6 is 11.3 Å². The van der Waals surface area contributed by atoms with Gasteiger partial charge in [0.05, 0.1) is 6.61 Å². The van der Waals surface area contributed by atoms with Crippen molar-refractivity contribution in [2.24, 2.45) is 5.73 Å². The summed E-state index contributed by atoms with van der Waals surface area (Å²) in [6.07, 6.45) is 0.758. The Kier molecular flexibility index (Phi) is 4.06. The zero-order valence-electron chi connectivity index (χ0n) is 11.8. The first-order valence-corrected chi connectivity index (χ1v) is 7.98. The van der Waals surface area contributed by atoms with Crippen molar-refractivity contribution in [2.75, 3.05) is 13.2 Å². The van der Waals surface area contributed by atoms with Gasteiger partial charge in [0, 0.05) is 16.7 Å². The Morgan fingerprint density at radius 3 is 2.43 bits per heavy atom. The van der Waals surface area contributed by atoms with E-state index in [2.05, 4.69) is 41.8 Å². The summed E-state index contributed by atoms with van der Waals surface area (Å²) in [5.41, 5.74) is 8.01. The SMILES string of the molecule is NCC(CO)(Cc1csc2ccccc12)c1ccccc1. The molecule has 0 spiro atoms. The third-order valence-corrected chi connectivity index (χ3v) is 5.18. The van der Waals surface area contributed by atoms with E-state index in [0.717, 1.165) is 12.0 Å². The molecule has 108 valence electrons. The van der Waals surface area contributed by atoms with Crippen LogP contribution in [0.4, 0.5) is 0 Å². The molecular formula is C18H19NOS. The van der Waals surface area contributed by atoms with Gasteiger partial charge in [0.15, 0.2) is 0 Å². The highest BCUT2D eigenvalue weighted by Gasteiger charge is 2.31. The molecular weight excluding hydrogens is 278 g/mol. The number of aliphatic hydroxyl groups is 1. The number of hydrogen-bond donors (Lipinski definition) is 2. The third-order valence-electron chi connectivity index (χ3n) is 4.17. The highest BCUT2D eigenvalue weighted by atomic mass is 32.1. The van der Waals surface area contributed by atoms with Crippen molar-refractivity contribution in [3.8, 4) is 0 Å². The largest absolute Gasteiger partial charge is 0.395 e. The predicted octanol–water partition coefficient (Wildman–Crippen LogP) is 3.33.